The summed E-state index contributed by atoms with van der Waals surface area (Å²) in [6, 6.07) is -1.20. The zero-order valence-corrected chi connectivity index (χ0v) is 40.1. The van der Waals surface area contributed by atoms with Crippen molar-refractivity contribution in [3.05, 3.63) is 35.9 Å². The average Bonchev–Trinajstić information content (AvgIpc) is 3.99. The Kier molecular flexibility index (Phi) is 20.7. The van der Waals surface area contributed by atoms with Gasteiger partial charge in [-0.1, -0.05) is 58.0 Å². The number of carbonyl (C=O) groups excluding carboxylic acids is 9. The van der Waals surface area contributed by atoms with Crippen molar-refractivity contribution in [2.24, 2.45) is 17.6 Å². The van der Waals surface area contributed by atoms with Crippen LogP contribution in [0.15, 0.2) is 30.3 Å². The third-order valence-corrected chi connectivity index (χ3v) is 12.1. The number of guanidine groups is 1. The number of nitrogens with one attached hydrogen (secondary N) is 9. The van der Waals surface area contributed by atoms with Crippen molar-refractivity contribution in [1.82, 2.24) is 52.3 Å². The van der Waals surface area contributed by atoms with Gasteiger partial charge in [0, 0.05) is 26.1 Å². The number of rotatable bonds is 12. The number of fused-ring (bicyclic) bond motifs is 2. The summed E-state index contributed by atoms with van der Waals surface area (Å²) in [7, 11) is 0. The van der Waals surface area contributed by atoms with Gasteiger partial charge in [0.05, 0.1) is 13.0 Å². The molecule has 23 nitrogen and oxygen atoms in total. The predicted octanol–water partition coefficient (Wildman–Crippen LogP) is -1.90. The van der Waals surface area contributed by atoms with E-state index in [2.05, 4.69) is 42.5 Å². The lowest BCUT2D eigenvalue weighted by Crippen LogP contribution is -2.59. The maximum atomic E-state index is 14.5. The van der Waals surface area contributed by atoms with Crippen LogP contribution in [0, 0.1) is 17.2 Å². The van der Waals surface area contributed by atoms with E-state index < -0.39 is 120 Å². The highest BCUT2D eigenvalue weighted by molar-refractivity contribution is 5.99. The Morgan fingerprint density at radius 2 is 1.25 bits per heavy atom. The molecule has 69 heavy (non-hydrogen) atoms. The number of benzene rings is 1. The molecule has 3 aliphatic rings. The molecule has 0 aliphatic carbocycles. The van der Waals surface area contributed by atoms with E-state index in [4.69, 9.17) is 11.1 Å². The molecule has 3 aliphatic heterocycles. The average molecular weight is 967 g/mol. The number of carboxylic acid groups (broad SMARTS) is 1. The molecule has 1 aromatic carbocycles. The number of carboxylic acids is 1. The molecule has 0 aromatic heterocycles. The number of aliphatic carboxylic acids is 1. The molecule has 12 N–H and O–H groups in total. The second-order valence-corrected chi connectivity index (χ2v) is 18.7. The van der Waals surface area contributed by atoms with Crippen molar-refractivity contribution >= 4 is 65.1 Å². The first-order valence-corrected chi connectivity index (χ1v) is 23.7. The number of nitrogens with two attached hydrogens (primary N) is 1. The van der Waals surface area contributed by atoms with Gasteiger partial charge in [-0.3, -0.25) is 53.4 Å². The molecule has 9 amide bonds. The van der Waals surface area contributed by atoms with E-state index in [0.29, 0.717) is 24.8 Å². The molecule has 1 aromatic rings. The van der Waals surface area contributed by atoms with Crippen molar-refractivity contribution in [3.63, 3.8) is 0 Å². The Bertz CT molecular complexity index is 2050. The van der Waals surface area contributed by atoms with Gasteiger partial charge >= 0.3 is 5.97 Å². The van der Waals surface area contributed by atoms with Crippen LogP contribution in [0.25, 0.3) is 0 Å². The van der Waals surface area contributed by atoms with Gasteiger partial charge in [-0.05, 0) is 75.7 Å². The highest BCUT2D eigenvalue weighted by atomic mass is 16.4. The Hall–Kier alpha value is -6.81. The normalized spacial score (nSPS) is 26.4. The van der Waals surface area contributed by atoms with Crippen LogP contribution < -0.4 is 48.3 Å². The number of amides is 9. The van der Waals surface area contributed by atoms with Crippen molar-refractivity contribution in [1.29, 1.82) is 5.41 Å². The predicted molar refractivity (Wildman–Crippen MR) is 250 cm³/mol. The van der Waals surface area contributed by atoms with Crippen molar-refractivity contribution in [2.45, 2.75) is 147 Å². The van der Waals surface area contributed by atoms with Crippen LogP contribution in [-0.2, 0) is 54.4 Å². The number of hydrogen-bond donors (Lipinski definition) is 11. The second kappa shape index (κ2) is 26.1. The van der Waals surface area contributed by atoms with E-state index in [9.17, 15) is 53.1 Å². The van der Waals surface area contributed by atoms with Crippen LogP contribution in [-0.4, -0.2) is 155 Å². The first-order valence-electron chi connectivity index (χ1n) is 23.7. The largest absolute Gasteiger partial charge is 0.481 e. The van der Waals surface area contributed by atoms with Gasteiger partial charge in [-0.25, -0.2) is 0 Å². The standard InChI is InChI=1S/C46H70N12O11/c1-25(2)20-30-40(64)51-27(5)38(62)56-33(21-26(3)4)44(68)58-19-11-16-35(58)45(69)57-18-10-15-34(57)43(67)55-31(22-28-12-7-6-8-13-28)41(65)53-29(14-9-17-49-46(47)48)39(63)50-24-36(59)52-32(23-37(60)61)42(66)54-30/h6-8,12-13,25-27,29-35H,9-11,14-24H2,1-5H3,(H,50,63)(H,51,64)(H,52,59)(H,53,65)(H,54,66)(H,55,67)(H,56,62)(H,60,61)(H4,47,48,49)/t27-,29-,30-,31-,32-,33-,34-,35-/m0/s1. The lowest BCUT2D eigenvalue weighted by Gasteiger charge is -2.34. The minimum absolute atomic E-state index is 0.0274. The summed E-state index contributed by atoms with van der Waals surface area (Å²) in [4.78, 5) is 140. The third kappa shape index (κ3) is 16.7. The fraction of sp³-hybridized carbons (Fsp3) is 0.630. The zero-order valence-electron chi connectivity index (χ0n) is 40.1. The minimum Gasteiger partial charge on any atom is -0.481 e. The molecule has 8 atom stereocenters. The topological polar surface area (TPSA) is 344 Å². The van der Waals surface area contributed by atoms with E-state index >= 15 is 0 Å². The van der Waals surface area contributed by atoms with Gasteiger partial charge in [0.2, 0.25) is 53.2 Å². The summed E-state index contributed by atoms with van der Waals surface area (Å²) in [5.41, 5.74) is 6.09. The molecule has 380 valence electrons. The van der Waals surface area contributed by atoms with Crippen LogP contribution in [0.4, 0.5) is 0 Å². The molecule has 0 bridgehead atoms. The van der Waals surface area contributed by atoms with Crippen LogP contribution in [0.5, 0.6) is 0 Å². The fourth-order valence-corrected chi connectivity index (χ4v) is 8.64. The van der Waals surface area contributed by atoms with Gasteiger partial charge in [0.15, 0.2) is 5.96 Å². The van der Waals surface area contributed by atoms with E-state index in [1.54, 1.807) is 44.2 Å². The van der Waals surface area contributed by atoms with Crippen molar-refractivity contribution in [2.75, 3.05) is 26.2 Å². The Morgan fingerprint density at radius 3 is 1.87 bits per heavy atom. The first-order chi connectivity index (χ1) is 32.6. The molecular formula is C46H70N12O11. The van der Waals surface area contributed by atoms with Crippen LogP contribution in [0.3, 0.4) is 0 Å². The molecule has 0 saturated carbocycles. The van der Waals surface area contributed by atoms with E-state index in [1.165, 1.54) is 16.7 Å². The summed E-state index contributed by atoms with van der Waals surface area (Å²) in [5.74, 6) is -8.91. The van der Waals surface area contributed by atoms with Gasteiger partial charge in [-0.2, -0.15) is 0 Å². The minimum atomic E-state index is -1.73. The lowest BCUT2D eigenvalue weighted by atomic mass is 10.0. The maximum Gasteiger partial charge on any atom is 0.305 e. The van der Waals surface area contributed by atoms with Gasteiger partial charge in [0.1, 0.15) is 48.3 Å². The molecular weight excluding hydrogens is 897 g/mol. The molecule has 0 spiro atoms. The molecule has 3 heterocycles. The molecule has 0 radical (unpaired) electrons. The van der Waals surface area contributed by atoms with Crippen LogP contribution >= 0.6 is 0 Å². The smallest absolute Gasteiger partial charge is 0.305 e. The molecule has 4 rings (SSSR count). The van der Waals surface area contributed by atoms with Crippen molar-refractivity contribution < 1.29 is 53.1 Å². The molecule has 3 saturated heterocycles. The summed E-state index contributed by atoms with van der Waals surface area (Å²) in [6.07, 6.45) is 0.907. The van der Waals surface area contributed by atoms with Gasteiger partial charge in [0.25, 0.3) is 0 Å². The third-order valence-electron chi connectivity index (χ3n) is 12.1. The van der Waals surface area contributed by atoms with E-state index in [-0.39, 0.29) is 76.0 Å². The highest BCUT2D eigenvalue weighted by Gasteiger charge is 2.44. The number of carbonyl (C=O) groups is 10. The Morgan fingerprint density at radius 1 is 0.696 bits per heavy atom. The first kappa shape index (κ1) is 54.8. The maximum absolute atomic E-state index is 14.5. The SMILES string of the molecule is CC(C)C[C@@H]1NC(=O)[C@H](CC(=O)O)NC(=O)CNC(=O)[C@H](CCCNC(=N)N)NC(=O)[C@H](Cc2ccccc2)NC(=O)[C@@H]2CCCN2C(=O)[C@@H]2CCCN2C(=O)[C@H](CC(C)C)NC(=O)[C@H](C)NC1=O. The summed E-state index contributed by atoms with van der Waals surface area (Å²) < 4.78 is 0. The van der Waals surface area contributed by atoms with E-state index in [0.717, 1.165) is 0 Å². The molecule has 0 unspecified atom stereocenters. The van der Waals surface area contributed by atoms with Gasteiger partial charge < -0.3 is 63.2 Å². The number of nitrogens with zero attached hydrogens (tertiary/aromatic N) is 2. The number of hydrogen-bond acceptors (Lipinski definition) is 11. The summed E-state index contributed by atoms with van der Waals surface area (Å²) in [5, 5.41) is 37.8. The Labute approximate surface area is 401 Å². The quantitative estimate of drug-likeness (QED) is 0.0621. The molecule has 3 fully saturated rings. The summed E-state index contributed by atoms with van der Waals surface area (Å²) in [6.45, 7) is 8.38. The fourth-order valence-electron chi connectivity index (χ4n) is 8.64. The Balaban J connectivity index is 1.74. The van der Waals surface area contributed by atoms with Crippen LogP contribution in [0.1, 0.15) is 98.0 Å². The summed E-state index contributed by atoms with van der Waals surface area (Å²) >= 11 is 0. The lowest BCUT2D eigenvalue weighted by molar-refractivity contribution is -0.148. The highest BCUT2D eigenvalue weighted by Crippen LogP contribution is 2.27. The van der Waals surface area contributed by atoms with Crippen LogP contribution in [0.2, 0.25) is 0 Å². The van der Waals surface area contributed by atoms with Crippen molar-refractivity contribution in [3.8, 4) is 0 Å². The second-order valence-electron chi connectivity index (χ2n) is 18.7. The zero-order chi connectivity index (χ0) is 50.9. The van der Waals surface area contributed by atoms with Gasteiger partial charge in [-0.15, -0.1) is 0 Å². The molecule has 23 heteroatoms. The van der Waals surface area contributed by atoms with E-state index in [1.807, 2.05) is 13.8 Å². The monoisotopic (exact) mass is 967 g/mol.